The summed E-state index contributed by atoms with van der Waals surface area (Å²) in [7, 11) is 0. The van der Waals surface area contributed by atoms with Gasteiger partial charge in [-0.15, -0.1) is 0 Å². The van der Waals surface area contributed by atoms with Gasteiger partial charge in [0.1, 0.15) is 5.75 Å². The third kappa shape index (κ3) is 1.33. The molecule has 0 aliphatic heterocycles. The predicted octanol–water partition coefficient (Wildman–Crippen LogP) is 3.08. The van der Waals surface area contributed by atoms with E-state index in [9.17, 15) is 5.11 Å². The Labute approximate surface area is 107 Å². The van der Waals surface area contributed by atoms with Crippen LogP contribution in [-0.4, -0.2) is 11.7 Å². The number of aromatic hydroxyl groups is 1. The highest BCUT2D eigenvalue weighted by molar-refractivity contribution is 5.86. The molecule has 0 fully saturated rings. The third-order valence-corrected chi connectivity index (χ3v) is 4.08. The number of fused-ring (bicyclic) bond motifs is 3. The molecule has 0 bridgehead atoms. The van der Waals surface area contributed by atoms with Crippen molar-refractivity contribution in [2.24, 2.45) is 5.73 Å². The monoisotopic (exact) mass is 239 g/mol. The molecule has 0 saturated heterocycles. The van der Waals surface area contributed by atoms with Crippen molar-refractivity contribution < 1.29 is 5.11 Å². The Bertz CT molecular complexity index is 631. The number of phenolic OH excluding ortho intramolecular Hbond substituents is 1. The molecule has 0 saturated carbocycles. The molecule has 0 aromatic heterocycles. The molecule has 3 rings (SSSR count). The topological polar surface area (TPSA) is 46.2 Å². The van der Waals surface area contributed by atoms with Gasteiger partial charge in [0.05, 0.1) is 0 Å². The van der Waals surface area contributed by atoms with Crippen molar-refractivity contribution >= 4 is 0 Å². The van der Waals surface area contributed by atoms with Gasteiger partial charge in [-0.1, -0.05) is 24.3 Å². The van der Waals surface area contributed by atoms with Gasteiger partial charge in [-0.3, -0.25) is 0 Å². The summed E-state index contributed by atoms with van der Waals surface area (Å²) in [5.74, 6) is 0.569. The van der Waals surface area contributed by atoms with Crippen molar-refractivity contribution in [2.75, 3.05) is 6.54 Å². The summed E-state index contributed by atoms with van der Waals surface area (Å²) in [5.41, 5.74) is 13.0. The van der Waals surface area contributed by atoms with Gasteiger partial charge in [0.2, 0.25) is 0 Å². The summed E-state index contributed by atoms with van der Waals surface area (Å²) >= 11 is 0. The zero-order valence-electron chi connectivity index (χ0n) is 10.7. The second-order valence-corrected chi connectivity index (χ2v) is 5.00. The van der Waals surface area contributed by atoms with Crippen LogP contribution in [0.5, 0.6) is 5.75 Å². The van der Waals surface area contributed by atoms with Crippen LogP contribution in [0, 0.1) is 13.8 Å². The van der Waals surface area contributed by atoms with Crippen molar-refractivity contribution in [1.29, 1.82) is 0 Å². The number of aryl methyl sites for hydroxylation is 1. The van der Waals surface area contributed by atoms with Crippen LogP contribution in [-0.2, 0) is 0 Å². The molecule has 2 aromatic rings. The fourth-order valence-corrected chi connectivity index (χ4v) is 3.00. The minimum absolute atomic E-state index is 0.210. The quantitative estimate of drug-likeness (QED) is 0.803. The van der Waals surface area contributed by atoms with Crippen LogP contribution in [0.15, 0.2) is 30.3 Å². The maximum Gasteiger partial charge on any atom is 0.123 e. The zero-order valence-corrected chi connectivity index (χ0v) is 10.7. The Hall–Kier alpha value is -1.80. The molecule has 18 heavy (non-hydrogen) atoms. The molecule has 2 aromatic carbocycles. The number of phenols is 1. The van der Waals surface area contributed by atoms with E-state index < -0.39 is 0 Å². The Kier molecular flexibility index (Phi) is 2.42. The molecule has 0 spiro atoms. The first-order chi connectivity index (χ1) is 8.65. The largest absolute Gasteiger partial charge is 0.507 e. The van der Waals surface area contributed by atoms with Gasteiger partial charge in [-0.05, 0) is 47.7 Å². The summed E-state index contributed by atoms with van der Waals surface area (Å²) in [6, 6.07) is 10.0. The summed E-state index contributed by atoms with van der Waals surface area (Å²) in [6.45, 7) is 4.79. The van der Waals surface area contributed by atoms with Gasteiger partial charge in [0.25, 0.3) is 0 Å². The zero-order chi connectivity index (χ0) is 12.9. The summed E-state index contributed by atoms with van der Waals surface area (Å²) < 4.78 is 0. The van der Waals surface area contributed by atoms with E-state index in [0.29, 0.717) is 12.3 Å². The average molecular weight is 239 g/mol. The fourth-order valence-electron chi connectivity index (χ4n) is 3.00. The lowest BCUT2D eigenvalue weighted by atomic mass is 9.94. The van der Waals surface area contributed by atoms with Crippen LogP contribution in [0.4, 0.5) is 0 Å². The Balaban J connectivity index is 2.41. The number of hydrogen-bond donors (Lipinski definition) is 2. The minimum atomic E-state index is 0.210. The smallest absolute Gasteiger partial charge is 0.123 e. The van der Waals surface area contributed by atoms with Gasteiger partial charge in [0, 0.05) is 18.0 Å². The number of hydrogen-bond acceptors (Lipinski definition) is 2. The van der Waals surface area contributed by atoms with E-state index >= 15 is 0 Å². The highest BCUT2D eigenvalue weighted by Crippen LogP contribution is 2.50. The highest BCUT2D eigenvalue weighted by Gasteiger charge is 2.31. The van der Waals surface area contributed by atoms with Gasteiger partial charge < -0.3 is 10.8 Å². The maximum atomic E-state index is 10.2. The van der Waals surface area contributed by atoms with Gasteiger partial charge >= 0.3 is 0 Å². The molecule has 1 atom stereocenters. The van der Waals surface area contributed by atoms with Crippen molar-refractivity contribution in [3.8, 4) is 16.9 Å². The van der Waals surface area contributed by atoms with E-state index in [-0.39, 0.29) is 5.92 Å². The minimum Gasteiger partial charge on any atom is -0.507 e. The second-order valence-electron chi connectivity index (χ2n) is 5.00. The molecule has 3 N–H and O–H groups in total. The first-order valence-electron chi connectivity index (χ1n) is 6.27. The van der Waals surface area contributed by atoms with Crippen LogP contribution in [0.3, 0.4) is 0 Å². The van der Waals surface area contributed by atoms with Gasteiger partial charge in [-0.25, -0.2) is 0 Å². The Morgan fingerprint density at radius 2 is 1.78 bits per heavy atom. The lowest BCUT2D eigenvalue weighted by molar-refractivity contribution is 0.477. The lowest BCUT2D eigenvalue weighted by Gasteiger charge is -2.11. The van der Waals surface area contributed by atoms with Crippen LogP contribution < -0.4 is 5.73 Å². The normalized spacial score (nSPS) is 16.5. The number of benzene rings is 2. The van der Waals surface area contributed by atoms with E-state index in [4.69, 9.17) is 5.73 Å². The van der Waals surface area contributed by atoms with Crippen LogP contribution in [0.25, 0.3) is 11.1 Å². The van der Waals surface area contributed by atoms with Crippen molar-refractivity contribution in [1.82, 2.24) is 0 Å². The SMILES string of the molecule is Cc1ccc2c(c1C)-c1c(O)cccc1C2CN. The molecule has 1 unspecified atom stereocenters. The first kappa shape index (κ1) is 11.3. The number of rotatable bonds is 1. The molecule has 2 heteroatoms. The number of nitrogens with two attached hydrogens (primary N) is 1. The molecule has 0 amide bonds. The van der Waals surface area contributed by atoms with E-state index in [1.165, 1.54) is 22.3 Å². The van der Waals surface area contributed by atoms with Crippen molar-refractivity contribution in [3.63, 3.8) is 0 Å². The average Bonchev–Trinajstić information content (AvgIpc) is 2.69. The lowest BCUT2D eigenvalue weighted by Crippen LogP contribution is -2.11. The summed E-state index contributed by atoms with van der Waals surface area (Å²) in [4.78, 5) is 0. The van der Waals surface area contributed by atoms with Crippen LogP contribution in [0.1, 0.15) is 28.2 Å². The molecule has 2 nitrogen and oxygen atoms in total. The molecule has 1 aliphatic carbocycles. The Morgan fingerprint density at radius 3 is 2.50 bits per heavy atom. The van der Waals surface area contributed by atoms with E-state index in [1.807, 2.05) is 6.07 Å². The van der Waals surface area contributed by atoms with E-state index in [1.54, 1.807) is 6.07 Å². The highest BCUT2D eigenvalue weighted by atomic mass is 16.3. The van der Waals surface area contributed by atoms with Crippen molar-refractivity contribution in [3.05, 3.63) is 52.6 Å². The second kappa shape index (κ2) is 3.85. The first-order valence-corrected chi connectivity index (χ1v) is 6.27. The fraction of sp³-hybridized carbons (Fsp3) is 0.250. The molecule has 92 valence electrons. The molecule has 1 aliphatic rings. The summed E-state index contributed by atoms with van der Waals surface area (Å²) in [6.07, 6.45) is 0. The molecular formula is C16H17NO. The summed E-state index contributed by atoms with van der Waals surface area (Å²) in [5, 5.41) is 10.2. The standard InChI is InChI=1S/C16H17NO/c1-9-6-7-12-13(8-17)11-4-3-5-14(18)16(11)15(12)10(9)2/h3-7,13,18H,8,17H2,1-2H3. The molecular weight excluding hydrogens is 222 g/mol. The van der Waals surface area contributed by atoms with Crippen LogP contribution in [0.2, 0.25) is 0 Å². The van der Waals surface area contributed by atoms with E-state index in [2.05, 4.69) is 32.0 Å². The van der Waals surface area contributed by atoms with E-state index in [0.717, 1.165) is 11.1 Å². The predicted molar refractivity (Wildman–Crippen MR) is 73.9 cm³/mol. The molecule has 0 heterocycles. The van der Waals surface area contributed by atoms with Crippen LogP contribution >= 0.6 is 0 Å². The van der Waals surface area contributed by atoms with Gasteiger partial charge in [-0.2, -0.15) is 0 Å². The van der Waals surface area contributed by atoms with Crippen molar-refractivity contribution in [2.45, 2.75) is 19.8 Å². The third-order valence-electron chi connectivity index (χ3n) is 4.08. The maximum absolute atomic E-state index is 10.2. The molecule has 0 radical (unpaired) electrons. The Morgan fingerprint density at radius 1 is 1.06 bits per heavy atom. The van der Waals surface area contributed by atoms with Gasteiger partial charge in [0.15, 0.2) is 0 Å².